The number of anilines is 1. The molecule has 11 atom stereocenters. The van der Waals surface area contributed by atoms with Gasteiger partial charge < -0.3 is 62.4 Å². The molecule has 0 spiro atoms. The fourth-order valence-electron chi connectivity index (χ4n) is 10.6. The van der Waals surface area contributed by atoms with Gasteiger partial charge in [-0.05, 0) is 92.5 Å². The second-order valence-electron chi connectivity index (χ2n) is 22.6. The second kappa shape index (κ2) is 33.6. The molecule has 10 N–H and O–H groups in total. The van der Waals surface area contributed by atoms with Crippen LogP contribution in [-0.2, 0) is 55.9 Å². The first-order valence-electron chi connectivity index (χ1n) is 28.5. The third-order valence-electron chi connectivity index (χ3n) is 15.6. The maximum Gasteiger partial charge on any atom is 0.326 e. The van der Waals surface area contributed by atoms with Gasteiger partial charge in [0.1, 0.15) is 18.1 Å². The van der Waals surface area contributed by atoms with Crippen LogP contribution in [-0.4, -0.2) is 170 Å². The fourth-order valence-corrected chi connectivity index (χ4v) is 10.6. The Hall–Kier alpha value is -6.16. The summed E-state index contributed by atoms with van der Waals surface area (Å²) in [5.41, 5.74) is 13.5. The first kappa shape index (κ1) is 68.1. The molecule has 3 rings (SSSR count). The molecule has 0 aromatic heterocycles. The van der Waals surface area contributed by atoms with Crippen molar-refractivity contribution in [3.8, 4) is 0 Å². The molecule has 448 valence electrons. The zero-order valence-electron chi connectivity index (χ0n) is 49.8. The van der Waals surface area contributed by atoms with Gasteiger partial charge in [-0.2, -0.15) is 0 Å². The monoisotopic (exact) mass is 1120 g/mol. The molecule has 8 amide bonds. The van der Waals surface area contributed by atoms with Crippen molar-refractivity contribution in [1.82, 2.24) is 36.0 Å². The molecular formula is C59H96N10O11. The van der Waals surface area contributed by atoms with E-state index < -0.39 is 90.1 Å². The van der Waals surface area contributed by atoms with E-state index in [0.29, 0.717) is 70.3 Å². The van der Waals surface area contributed by atoms with Gasteiger partial charge in [0.2, 0.25) is 35.4 Å². The summed E-state index contributed by atoms with van der Waals surface area (Å²) in [6, 6.07) is 10.4. The predicted octanol–water partition coefficient (Wildman–Crippen LogP) is 4.30. The summed E-state index contributed by atoms with van der Waals surface area (Å²) in [5.74, 6) is -4.84. The minimum atomic E-state index is -1.16. The number of ether oxygens (including phenoxy) is 2. The number of likely N-dealkylation sites (N-methyl/N-ethyl adjacent to an activating group) is 2. The summed E-state index contributed by atoms with van der Waals surface area (Å²) in [7, 11) is 6.57. The summed E-state index contributed by atoms with van der Waals surface area (Å²) in [6.45, 7) is 18.2. The van der Waals surface area contributed by atoms with Crippen LogP contribution in [0, 0.1) is 29.6 Å². The number of carboxylic acid groups (broad SMARTS) is 1. The number of nitrogens with two attached hydrogens (primary N) is 2. The summed E-state index contributed by atoms with van der Waals surface area (Å²) in [5, 5.41) is 24.0. The number of carboxylic acids is 1. The van der Waals surface area contributed by atoms with Crippen molar-refractivity contribution in [2.45, 2.75) is 175 Å². The Kier molecular flexibility index (Phi) is 28.6. The van der Waals surface area contributed by atoms with E-state index in [9.17, 15) is 43.5 Å². The Labute approximate surface area is 475 Å². The highest BCUT2D eigenvalue weighted by molar-refractivity contribution is 5.98. The zero-order valence-corrected chi connectivity index (χ0v) is 49.8. The molecule has 0 unspecified atom stereocenters. The molecule has 1 aliphatic rings. The van der Waals surface area contributed by atoms with Crippen molar-refractivity contribution in [3.63, 3.8) is 0 Å². The van der Waals surface area contributed by atoms with E-state index in [2.05, 4.69) is 26.6 Å². The van der Waals surface area contributed by atoms with Gasteiger partial charge >= 0.3 is 12.0 Å². The molecule has 1 heterocycles. The zero-order chi connectivity index (χ0) is 60.0. The van der Waals surface area contributed by atoms with Crippen molar-refractivity contribution in [2.75, 3.05) is 53.3 Å². The maximum absolute atomic E-state index is 14.8. The molecule has 2 aromatic rings. The van der Waals surface area contributed by atoms with Crippen molar-refractivity contribution >= 4 is 53.1 Å². The van der Waals surface area contributed by atoms with Gasteiger partial charge in [0.15, 0.2) is 0 Å². The standard InChI is InChI=1S/C59H96N10O11/c1-14-38(8)51(46(79-12)34-47(70)69-31-20-24-45(69)52(80-13)39(9)53(71)65-44(58(76)77)33-41-21-16-15-17-22-41)68(11)57(75)49(36(4)5)66-56(74)50(37(6)7)67(10)32-29-40-25-27-42(28-26-40)63-54(72)43(23-18-19-30-62-59(61)78)64-55(73)48(60)35(2)3/h15-17,21-22,25-28,35-39,43-46,48-52H,14,18-20,23-24,29-34,60H2,1-13H3,(H,63,72)(H,64,73)(H,65,71)(H,66,74)(H,76,77)(H3,61,62,78)/t38-,39+,43-,44-,45-,46+,48-,49-,50-,51-,52+/m0/s1. The summed E-state index contributed by atoms with van der Waals surface area (Å²) in [6.07, 6.45) is 2.42. The number of primary amides is 1. The van der Waals surface area contributed by atoms with E-state index in [1.54, 1.807) is 60.2 Å². The van der Waals surface area contributed by atoms with Crippen LogP contribution in [0.1, 0.15) is 118 Å². The Balaban J connectivity index is 1.71. The third-order valence-corrected chi connectivity index (χ3v) is 15.6. The number of unbranched alkanes of at least 4 members (excludes halogenated alkanes) is 1. The highest BCUT2D eigenvalue weighted by atomic mass is 16.5. The average Bonchev–Trinajstić information content (AvgIpc) is 3.90. The second-order valence-corrected chi connectivity index (χ2v) is 22.6. The molecule has 0 aliphatic carbocycles. The predicted molar refractivity (Wildman–Crippen MR) is 309 cm³/mol. The van der Waals surface area contributed by atoms with Crippen LogP contribution in [0.25, 0.3) is 0 Å². The number of rotatable bonds is 34. The quantitative estimate of drug-likeness (QED) is 0.0454. The van der Waals surface area contributed by atoms with E-state index >= 15 is 0 Å². The third kappa shape index (κ3) is 20.4. The van der Waals surface area contributed by atoms with E-state index in [1.807, 2.05) is 85.5 Å². The molecule has 21 nitrogen and oxygen atoms in total. The number of urea groups is 1. The Morgan fingerprint density at radius 2 is 1.40 bits per heavy atom. The van der Waals surface area contributed by atoms with Crippen LogP contribution in [0.4, 0.5) is 10.5 Å². The normalized spacial score (nSPS) is 17.3. The summed E-state index contributed by atoms with van der Waals surface area (Å²) >= 11 is 0. The topological polar surface area (TPSA) is 297 Å². The van der Waals surface area contributed by atoms with E-state index in [-0.39, 0.29) is 54.2 Å². The van der Waals surface area contributed by atoms with Crippen molar-refractivity contribution in [3.05, 3.63) is 65.7 Å². The molecule has 1 fully saturated rings. The maximum atomic E-state index is 14.8. The highest BCUT2D eigenvalue weighted by Crippen LogP contribution is 2.30. The van der Waals surface area contributed by atoms with Gasteiger partial charge in [-0.3, -0.25) is 33.7 Å². The van der Waals surface area contributed by atoms with Crippen LogP contribution in [0.15, 0.2) is 54.6 Å². The first-order valence-corrected chi connectivity index (χ1v) is 28.5. The van der Waals surface area contributed by atoms with Crippen LogP contribution in [0.5, 0.6) is 0 Å². The number of carbonyl (C=O) groups is 8. The first-order chi connectivity index (χ1) is 37.8. The van der Waals surface area contributed by atoms with Gasteiger partial charge in [-0.1, -0.05) is 111 Å². The van der Waals surface area contributed by atoms with Crippen molar-refractivity contribution < 1.29 is 52.9 Å². The molecule has 0 bridgehead atoms. The SMILES string of the molecule is CC[C@H](C)[C@@H]([C@@H](CC(=O)N1CCC[C@H]1[C@H](OC)[C@@H](C)C(=O)N[C@@H](Cc1ccccc1)C(=O)O)OC)N(C)C(=O)[C@@H](NC(=O)[C@H](C(C)C)N(C)CCc1ccc(NC(=O)[C@H](CCCCNC(N)=O)NC(=O)[C@@H](N)C(C)C)cc1)C(C)C. The van der Waals surface area contributed by atoms with Crippen molar-refractivity contribution in [1.29, 1.82) is 0 Å². The lowest BCUT2D eigenvalue weighted by Crippen LogP contribution is -2.60. The molecule has 2 aromatic carbocycles. The number of nitrogens with one attached hydrogen (secondary N) is 5. The lowest BCUT2D eigenvalue weighted by molar-refractivity contribution is -0.148. The van der Waals surface area contributed by atoms with Crippen LogP contribution in [0.3, 0.4) is 0 Å². The Morgan fingerprint density at radius 1 is 0.762 bits per heavy atom. The van der Waals surface area contributed by atoms with Gasteiger partial charge in [-0.25, -0.2) is 9.59 Å². The van der Waals surface area contributed by atoms with E-state index in [4.69, 9.17) is 20.9 Å². The number of likely N-dealkylation sites (tertiary alicyclic amines) is 1. The van der Waals surface area contributed by atoms with Gasteiger partial charge in [0, 0.05) is 53.0 Å². The van der Waals surface area contributed by atoms with Crippen LogP contribution >= 0.6 is 0 Å². The molecule has 1 saturated heterocycles. The minimum absolute atomic E-state index is 0.0700. The molecular weight excluding hydrogens is 1020 g/mol. The lowest BCUT2D eigenvalue weighted by Gasteiger charge is -2.41. The fraction of sp³-hybridized carbons (Fsp3) is 0.661. The van der Waals surface area contributed by atoms with Gasteiger partial charge in [0.25, 0.3) is 0 Å². The minimum Gasteiger partial charge on any atom is -0.480 e. The van der Waals surface area contributed by atoms with Crippen LogP contribution < -0.4 is 38.1 Å². The number of aliphatic carboxylic acids is 1. The highest BCUT2D eigenvalue weighted by Gasteiger charge is 2.44. The largest absolute Gasteiger partial charge is 0.480 e. The van der Waals surface area contributed by atoms with E-state index in [0.717, 1.165) is 11.1 Å². The number of nitrogens with zero attached hydrogens (tertiary/aromatic N) is 3. The number of carbonyl (C=O) groups excluding carboxylic acids is 7. The molecule has 0 radical (unpaired) electrons. The smallest absolute Gasteiger partial charge is 0.326 e. The van der Waals surface area contributed by atoms with Gasteiger partial charge in [-0.15, -0.1) is 0 Å². The lowest BCUT2D eigenvalue weighted by atomic mass is 9.89. The van der Waals surface area contributed by atoms with Crippen molar-refractivity contribution in [2.24, 2.45) is 41.1 Å². The number of benzene rings is 2. The number of hydrogen-bond donors (Lipinski definition) is 8. The number of methoxy groups -OCH3 is 2. The number of amides is 8. The van der Waals surface area contributed by atoms with E-state index in [1.165, 1.54) is 14.2 Å². The summed E-state index contributed by atoms with van der Waals surface area (Å²) in [4.78, 5) is 112. The molecule has 1 aliphatic heterocycles. The Morgan fingerprint density at radius 3 is 1.95 bits per heavy atom. The molecule has 0 saturated carbocycles. The van der Waals surface area contributed by atoms with Gasteiger partial charge in [0.05, 0.1) is 48.7 Å². The molecule has 21 heteroatoms. The summed E-state index contributed by atoms with van der Waals surface area (Å²) < 4.78 is 12.0. The average molecular weight is 1120 g/mol. The number of hydrogen-bond acceptors (Lipinski definition) is 12. The Bertz CT molecular complexity index is 2300. The molecule has 80 heavy (non-hydrogen) atoms. The van der Waals surface area contributed by atoms with Crippen LogP contribution in [0.2, 0.25) is 0 Å².